The van der Waals surface area contributed by atoms with Crippen LogP contribution in [0.15, 0.2) is 17.0 Å². The Morgan fingerprint density at radius 3 is 2.21 bits per heavy atom. The van der Waals surface area contributed by atoms with Gasteiger partial charge >= 0.3 is 0 Å². The summed E-state index contributed by atoms with van der Waals surface area (Å²) in [6.07, 6.45) is 1.83. The van der Waals surface area contributed by atoms with Crippen LogP contribution in [0.4, 0.5) is 0 Å². The van der Waals surface area contributed by atoms with Gasteiger partial charge < -0.3 is 10.1 Å². The van der Waals surface area contributed by atoms with E-state index in [9.17, 15) is 8.42 Å². The van der Waals surface area contributed by atoms with Crippen molar-refractivity contribution in [3.63, 3.8) is 0 Å². The number of benzene rings is 1. The smallest absolute Gasteiger partial charge is 0.243 e. The van der Waals surface area contributed by atoms with Crippen molar-refractivity contribution in [2.24, 2.45) is 5.92 Å². The lowest BCUT2D eigenvalue weighted by Gasteiger charge is -2.31. The Morgan fingerprint density at radius 2 is 1.75 bits per heavy atom. The summed E-state index contributed by atoms with van der Waals surface area (Å²) >= 11 is 0. The minimum Gasteiger partial charge on any atom is -0.496 e. The molecule has 1 aliphatic rings. The van der Waals surface area contributed by atoms with Crippen LogP contribution >= 0.6 is 12.4 Å². The Labute approximate surface area is 152 Å². The second-order valence-electron chi connectivity index (χ2n) is 6.25. The molecule has 1 saturated heterocycles. The Hall–Kier alpha value is -0.820. The number of sulfonamides is 1. The van der Waals surface area contributed by atoms with Gasteiger partial charge in [-0.25, -0.2) is 8.42 Å². The van der Waals surface area contributed by atoms with Crippen molar-refractivity contribution in [1.29, 1.82) is 0 Å². The zero-order valence-corrected chi connectivity index (χ0v) is 16.6. The van der Waals surface area contributed by atoms with Crippen LogP contribution in [-0.2, 0) is 10.0 Å². The first-order valence-corrected chi connectivity index (χ1v) is 9.70. The molecular formula is C17H29ClN2O3S. The molecule has 1 N–H and O–H groups in total. The molecule has 0 unspecified atom stereocenters. The van der Waals surface area contributed by atoms with Crippen LogP contribution in [0.25, 0.3) is 0 Å². The first-order valence-electron chi connectivity index (χ1n) is 8.26. The SMILES string of the molecule is CCNCC1CCN(S(=O)(=O)c2cc(C)c(OC)c(C)c2)CC1.Cl. The van der Waals surface area contributed by atoms with Crippen molar-refractivity contribution in [1.82, 2.24) is 9.62 Å². The van der Waals surface area contributed by atoms with Crippen LogP contribution in [0.5, 0.6) is 5.75 Å². The fourth-order valence-electron chi connectivity index (χ4n) is 3.23. The van der Waals surface area contributed by atoms with Crippen LogP contribution in [0.2, 0.25) is 0 Å². The molecule has 0 saturated carbocycles. The minimum absolute atomic E-state index is 0. The molecule has 0 bridgehead atoms. The fourth-order valence-corrected chi connectivity index (χ4v) is 4.87. The van der Waals surface area contributed by atoms with Crippen LogP contribution in [0.3, 0.4) is 0 Å². The Balaban J connectivity index is 0.00000288. The predicted molar refractivity (Wildman–Crippen MR) is 99.7 cm³/mol. The van der Waals surface area contributed by atoms with Crippen LogP contribution in [0.1, 0.15) is 30.9 Å². The second-order valence-corrected chi connectivity index (χ2v) is 8.18. The Bertz CT molecular complexity index is 618. The molecule has 138 valence electrons. The monoisotopic (exact) mass is 376 g/mol. The molecule has 0 amide bonds. The number of rotatable bonds is 6. The van der Waals surface area contributed by atoms with E-state index in [1.165, 1.54) is 0 Å². The third kappa shape index (κ3) is 4.63. The number of halogens is 1. The van der Waals surface area contributed by atoms with Gasteiger partial charge in [-0.2, -0.15) is 4.31 Å². The maximum Gasteiger partial charge on any atom is 0.243 e. The summed E-state index contributed by atoms with van der Waals surface area (Å²) in [7, 11) is -1.81. The first kappa shape index (κ1) is 21.2. The van der Waals surface area contributed by atoms with Gasteiger partial charge in [0.2, 0.25) is 10.0 Å². The molecule has 1 fully saturated rings. The number of hydrogen-bond donors (Lipinski definition) is 1. The molecule has 1 aliphatic heterocycles. The highest BCUT2D eigenvalue weighted by molar-refractivity contribution is 7.89. The van der Waals surface area contributed by atoms with Gasteiger partial charge in [-0.05, 0) is 69.0 Å². The van der Waals surface area contributed by atoms with Gasteiger partial charge in [-0.15, -0.1) is 12.4 Å². The van der Waals surface area contributed by atoms with Crippen molar-refractivity contribution in [3.05, 3.63) is 23.3 Å². The van der Waals surface area contributed by atoms with Gasteiger partial charge in [0.25, 0.3) is 0 Å². The number of ether oxygens (including phenoxy) is 1. The lowest BCUT2D eigenvalue weighted by atomic mass is 9.98. The molecule has 0 spiro atoms. The van der Waals surface area contributed by atoms with E-state index in [2.05, 4.69) is 12.2 Å². The van der Waals surface area contributed by atoms with E-state index in [1.807, 2.05) is 13.8 Å². The molecule has 24 heavy (non-hydrogen) atoms. The van der Waals surface area contributed by atoms with E-state index >= 15 is 0 Å². The normalized spacial score (nSPS) is 16.7. The number of aryl methyl sites for hydroxylation is 2. The number of hydrogen-bond acceptors (Lipinski definition) is 4. The lowest BCUT2D eigenvalue weighted by Crippen LogP contribution is -2.40. The predicted octanol–water partition coefficient (Wildman–Crippen LogP) is 2.74. The van der Waals surface area contributed by atoms with Crippen molar-refractivity contribution in [3.8, 4) is 5.75 Å². The number of nitrogens with one attached hydrogen (secondary N) is 1. The van der Waals surface area contributed by atoms with E-state index in [-0.39, 0.29) is 12.4 Å². The summed E-state index contributed by atoms with van der Waals surface area (Å²) in [5.74, 6) is 1.33. The quantitative estimate of drug-likeness (QED) is 0.829. The van der Waals surface area contributed by atoms with E-state index in [0.29, 0.717) is 23.9 Å². The maximum absolute atomic E-state index is 12.9. The van der Waals surface area contributed by atoms with Crippen molar-refractivity contribution in [2.75, 3.05) is 33.3 Å². The topological polar surface area (TPSA) is 58.6 Å². The van der Waals surface area contributed by atoms with Gasteiger partial charge in [0.15, 0.2) is 0 Å². The van der Waals surface area contributed by atoms with Crippen molar-refractivity contribution < 1.29 is 13.2 Å². The maximum atomic E-state index is 12.9. The fraction of sp³-hybridized carbons (Fsp3) is 0.647. The average molecular weight is 377 g/mol. The van der Waals surface area contributed by atoms with Gasteiger partial charge in [-0.3, -0.25) is 0 Å². The summed E-state index contributed by atoms with van der Waals surface area (Å²) in [6.45, 7) is 8.99. The summed E-state index contributed by atoms with van der Waals surface area (Å²) < 4.78 is 32.7. The average Bonchev–Trinajstić information content (AvgIpc) is 2.53. The second kappa shape index (κ2) is 9.04. The molecule has 0 atom stereocenters. The van der Waals surface area contributed by atoms with Crippen LogP contribution in [0, 0.1) is 19.8 Å². The number of piperidine rings is 1. The van der Waals surface area contributed by atoms with Crippen LogP contribution in [-0.4, -0.2) is 46.0 Å². The number of nitrogens with zero attached hydrogens (tertiary/aromatic N) is 1. The van der Waals surface area contributed by atoms with Gasteiger partial charge in [0, 0.05) is 13.1 Å². The van der Waals surface area contributed by atoms with E-state index in [0.717, 1.165) is 42.8 Å². The summed E-state index contributed by atoms with van der Waals surface area (Å²) in [5, 5.41) is 3.35. The van der Waals surface area contributed by atoms with Crippen LogP contribution < -0.4 is 10.1 Å². The van der Waals surface area contributed by atoms with E-state index < -0.39 is 10.0 Å². The summed E-state index contributed by atoms with van der Waals surface area (Å²) in [6, 6.07) is 3.43. The summed E-state index contributed by atoms with van der Waals surface area (Å²) in [5.41, 5.74) is 1.71. The summed E-state index contributed by atoms with van der Waals surface area (Å²) in [4.78, 5) is 0.374. The molecule has 1 aromatic carbocycles. The van der Waals surface area contributed by atoms with E-state index in [4.69, 9.17) is 4.74 Å². The minimum atomic E-state index is -3.42. The molecule has 5 nitrogen and oxygen atoms in total. The molecule has 0 aromatic heterocycles. The van der Waals surface area contributed by atoms with Gasteiger partial charge in [-0.1, -0.05) is 6.92 Å². The molecule has 1 aromatic rings. The molecule has 1 heterocycles. The first-order chi connectivity index (χ1) is 10.9. The highest BCUT2D eigenvalue weighted by Crippen LogP contribution is 2.29. The molecule has 2 rings (SSSR count). The van der Waals surface area contributed by atoms with Gasteiger partial charge in [0.05, 0.1) is 12.0 Å². The zero-order valence-electron chi connectivity index (χ0n) is 15.0. The standard InChI is InChI=1S/C17H28N2O3S.ClH/c1-5-18-12-15-6-8-19(9-7-15)23(20,21)16-10-13(2)17(22-4)14(3)11-16;/h10-11,15,18H,5-9,12H2,1-4H3;1H. The van der Waals surface area contributed by atoms with Gasteiger partial charge in [0.1, 0.15) is 5.75 Å². The molecule has 7 heteroatoms. The Morgan fingerprint density at radius 1 is 1.21 bits per heavy atom. The molecular weight excluding hydrogens is 348 g/mol. The van der Waals surface area contributed by atoms with E-state index in [1.54, 1.807) is 23.5 Å². The molecule has 0 radical (unpaired) electrons. The highest BCUT2D eigenvalue weighted by Gasteiger charge is 2.29. The third-order valence-corrected chi connectivity index (χ3v) is 6.41. The zero-order chi connectivity index (χ0) is 17.0. The highest BCUT2D eigenvalue weighted by atomic mass is 35.5. The number of methoxy groups -OCH3 is 1. The third-order valence-electron chi connectivity index (χ3n) is 4.53. The van der Waals surface area contributed by atoms with Crippen molar-refractivity contribution >= 4 is 22.4 Å². The largest absolute Gasteiger partial charge is 0.496 e. The lowest BCUT2D eigenvalue weighted by molar-refractivity contribution is 0.268. The molecule has 0 aliphatic carbocycles. The Kier molecular flexibility index (Phi) is 7.99. The van der Waals surface area contributed by atoms with Crippen molar-refractivity contribution in [2.45, 2.75) is 38.5 Å².